The number of nitrogens with zero attached hydrogens (tertiary/aromatic N) is 4. The van der Waals surface area contributed by atoms with E-state index in [0.29, 0.717) is 43.9 Å². The predicted molar refractivity (Wildman–Crippen MR) is 107 cm³/mol. The van der Waals surface area contributed by atoms with Gasteiger partial charge < -0.3 is 0 Å². The van der Waals surface area contributed by atoms with Crippen LogP contribution < -0.4 is 5.56 Å². The second-order valence-corrected chi connectivity index (χ2v) is 10.5. The minimum atomic E-state index is -3.56. The maximum Gasteiger partial charge on any atom is 0.266 e. The molecule has 9 heteroatoms. The van der Waals surface area contributed by atoms with Crippen LogP contribution in [0.1, 0.15) is 50.7 Å². The number of H-pyrrole nitrogens is 1. The van der Waals surface area contributed by atoms with Gasteiger partial charge in [-0.1, -0.05) is 20.8 Å². The summed E-state index contributed by atoms with van der Waals surface area (Å²) in [6.45, 7) is 11.0. The Morgan fingerprint density at radius 2 is 1.82 bits per heavy atom. The summed E-state index contributed by atoms with van der Waals surface area (Å²) in [7, 11) is -3.56. The number of hydrogen-bond donors (Lipinski definition) is 1. The Morgan fingerprint density at radius 1 is 1.18 bits per heavy atom. The standard InChI is InChI=1S/C19H29N5O3S/c1-13-18(14(2)21-20-13)28(26,27)23-10-8-15(9-11-23)12-24-17(25)7-6-16(22-24)19(3,4)5/h6-7,15H,8-12H2,1-5H3,(H,20,21). The van der Waals surface area contributed by atoms with Gasteiger partial charge in [0.2, 0.25) is 10.0 Å². The Hall–Kier alpha value is -2.00. The van der Waals surface area contributed by atoms with E-state index in [1.54, 1.807) is 26.0 Å². The Balaban J connectivity index is 1.71. The first-order chi connectivity index (χ1) is 13.0. The lowest BCUT2D eigenvalue weighted by Gasteiger charge is -2.31. The summed E-state index contributed by atoms with van der Waals surface area (Å²) in [5.74, 6) is 0.221. The zero-order valence-electron chi connectivity index (χ0n) is 17.2. The minimum absolute atomic E-state index is 0.118. The van der Waals surface area contributed by atoms with Crippen LogP contribution in [0, 0.1) is 19.8 Å². The fourth-order valence-electron chi connectivity index (χ4n) is 3.61. The lowest BCUT2D eigenvalue weighted by atomic mass is 9.92. The van der Waals surface area contributed by atoms with Crippen LogP contribution in [0.25, 0.3) is 0 Å². The van der Waals surface area contributed by atoms with Gasteiger partial charge in [-0.15, -0.1) is 0 Å². The number of piperidine rings is 1. The summed E-state index contributed by atoms with van der Waals surface area (Å²) in [4.78, 5) is 12.5. The first-order valence-electron chi connectivity index (χ1n) is 9.60. The van der Waals surface area contributed by atoms with Crippen molar-refractivity contribution in [2.45, 2.75) is 64.3 Å². The molecular weight excluding hydrogens is 378 g/mol. The zero-order chi connectivity index (χ0) is 20.7. The average Bonchev–Trinajstić information content (AvgIpc) is 2.95. The van der Waals surface area contributed by atoms with Gasteiger partial charge in [0.05, 0.1) is 17.1 Å². The maximum absolute atomic E-state index is 13.0. The van der Waals surface area contributed by atoms with Crippen LogP contribution >= 0.6 is 0 Å². The quantitative estimate of drug-likeness (QED) is 0.835. The lowest BCUT2D eigenvalue weighted by molar-refractivity contribution is 0.243. The first kappa shape index (κ1) is 20.7. The van der Waals surface area contributed by atoms with Gasteiger partial charge in [0.15, 0.2) is 0 Å². The van der Waals surface area contributed by atoms with Gasteiger partial charge in [-0.2, -0.15) is 14.5 Å². The molecule has 3 rings (SSSR count). The molecule has 0 atom stereocenters. The molecule has 0 aliphatic carbocycles. The minimum Gasteiger partial charge on any atom is -0.281 e. The third-order valence-electron chi connectivity index (χ3n) is 5.30. The molecule has 0 saturated carbocycles. The SMILES string of the molecule is Cc1n[nH]c(C)c1S(=O)(=O)N1CCC(Cn2nc(C(C)(C)C)ccc2=O)CC1. The maximum atomic E-state index is 13.0. The number of nitrogens with one attached hydrogen (secondary N) is 1. The molecule has 2 aromatic heterocycles. The molecule has 154 valence electrons. The molecule has 1 N–H and O–H groups in total. The van der Waals surface area contributed by atoms with E-state index < -0.39 is 10.0 Å². The molecule has 1 fully saturated rings. The van der Waals surface area contributed by atoms with Crippen molar-refractivity contribution in [1.29, 1.82) is 0 Å². The Kier molecular flexibility index (Phi) is 5.51. The van der Waals surface area contributed by atoms with Gasteiger partial charge in [-0.25, -0.2) is 13.1 Å². The van der Waals surface area contributed by atoms with E-state index in [9.17, 15) is 13.2 Å². The topological polar surface area (TPSA) is 101 Å². The van der Waals surface area contributed by atoms with Crippen molar-refractivity contribution in [3.05, 3.63) is 39.6 Å². The number of aromatic amines is 1. The van der Waals surface area contributed by atoms with Crippen molar-refractivity contribution in [2.24, 2.45) is 5.92 Å². The fourth-order valence-corrected chi connectivity index (χ4v) is 5.41. The summed E-state index contributed by atoms with van der Waals surface area (Å²) in [6.07, 6.45) is 1.39. The molecule has 2 aromatic rings. The van der Waals surface area contributed by atoms with Gasteiger partial charge >= 0.3 is 0 Å². The molecule has 1 saturated heterocycles. The highest BCUT2D eigenvalue weighted by Gasteiger charge is 2.33. The van der Waals surface area contributed by atoms with Crippen molar-refractivity contribution < 1.29 is 8.42 Å². The number of rotatable bonds is 4. The van der Waals surface area contributed by atoms with Crippen molar-refractivity contribution in [2.75, 3.05) is 13.1 Å². The van der Waals surface area contributed by atoms with Gasteiger partial charge in [0.1, 0.15) is 4.90 Å². The van der Waals surface area contributed by atoms with Gasteiger partial charge in [0.25, 0.3) is 5.56 Å². The first-order valence-corrected chi connectivity index (χ1v) is 11.0. The van der Waals surface area contributed by atoms with E-state index in [1.165, 1.54) is 8.99 Å². The van der Waals surface area contributed by atoms with E-state index >= 15 is 0 Å². The highest BCUT2D eigenvalue weighted by Crippen LogP contribution is 2.27. The molecule has 0 radical (unpaired) electrons. The van der Waals surface area contributed by atoms with Crippen molar-refractivity contribution in [3.8, 4) is 0 Å². The summed E-state index contributed by atoms with van der Waals surface area (Å²) < 4.78 is 29.0. The van der Waals surface area contributed by atoms with E-state index in [4.69, 9.17) is 0 Å². The summed E-state index contributed by atoms with van der Waals surface area (Å²) in [6, 6.07) is 3.35. The van der Waals surface area contributed by atoms with Crippen LogP contribution in [-0.2, 0) is 22.0 Å². The molecule has 28 heavy (non-hydrogen) atoms. The molecular formula is C19H29N5O3S. The van der Waals surface area contributed by atoms with E-state index in [1.807, 2.05) is 0 Å². The normalized spacial score (nSPS) is 17.2. The monoisotopic (exact) mass is 407 g/mol. The zero-order valence-corrected chi connectivity index (χ0v) is 18.0. The average molecular weight is 408 g/mol. The Bertz CT molecular complexity index is 989. The summed E-state index contributed by atoms with van der Waals surface area (Å²) in [5.41, 5.74) is 1.68. The molecule has 0 amide bonds. The van der Waals surface area contributed by atoms with Crippen LogP contribution in [0.3, 0.4) is 0 Å². The molecule has 8 nitrogen and oxygen atoms in total. The smallest absolute Gasteiger partial charge is 0.266 e. The number of sulfonamides is 1. The van der Waals surface area contributed by atoms with Crippen LogP contribution in [-0.4, -0.2) is 45.8 Å². The molecule has 3 heterocycles. The Labute approximate surface area is 166 Å². The van der Waals surface area contributed by atoms with Gasteiger partial charge in [0, 0.05) is 31.1 Å². The van der Waals surface area contributed by atoms with Gasteiger partial charge in [-0.05, 0) is 38.7 Å². The molecule has 0 spiro atoms. The second-order valence-electron chi connectivity index (χ2n) is 8.60. The highest BCUT2D eigenvalue weighted by molar-refractivity contribution is 7.89. The second kappa shape index (κ2) is 7.44. The van der Waals surface area contributed by atoms with Crippen molar-refractivity contribution in [1.82, 2.24) is 24.3 Å². The third-order valence-corrected chi connectivity index (χ3v) is 7.46. The van der Waals surface area contributed by atoms with Crippen LogP contribution in [0.2, 0.25) is 0 Å². The number of aromatic nitrogens is 4. The lowest BCUT2D eigenvalue weighted by Crippen LogP contribution is -2.40. The van der Waals surface area contributed by atoms with Crippen molar-refractivity contribution >= 4 is 10.0 Å². The molecule has 0 unspecified atom stereocenters. The molecule has 1 aliphatic rings. The summed E-state index contributed by atoms with van der Waals surface area (Å²) >= 11 is 0. The van der Waals surface area contributed by atoms with Crippen molar-refractivity contribution in [3.63, 3.8) is 0 Å². The fraction of sp³-hybridized carbons (Fsp3) is 0.632. The number of aryl methyl sites for hydroxylation is 2. The van der Waals surface area contributed by atoms with E-state index in [2.05, 4.69) is 36.1 Å². The summed E-state index contributed by atoms with van der Waals surface area (Å²) in [5, 5.41) is 11.3. The largest absolute Gasteiger partial charge is 0.281 e. The predicted octanol–water partition coefficient (Wildman–Crippen LogP) is 1.98. The van der Waals surface area contributed by atoms with Crippen LogP contribution in [0.5, 0.6) is 0 Å². The van der Waals surface area contributed by atoms with E-state index in [0.717, 1.165) is 5.69 Å². The molecule has 0 aromatic carbocycles. The van der Waals surface area contributed by atoms with Crippen LogP contribution in [0.4, 0.5) is 0 Å². The highest BCUT2D eigenvalue weighted by atomic mass is 32.2. The molecule has 1 aliphatic heterocycles. The Morgan fingerprint density at radius 3 is 2.36 bits per heavy atom. The van der Waals surface area contributed by atoms with Crippen LogP contribution in [0.15, 0.2) is 21.8 Å². The molecule has 0 bridgehead atoms. The van der Waals surface area contributed by atoms with Gasteiger partial charge in [-0.3, -0.25) is 9.89 Å². The number of hydrogen-bond acceptors (Lipinski definition) is 5. The van der Waals surface area contributed by atoms with E-state index in [-0.39, 0.29) is 21.8 Å². The third kappa shape index (κ3) is 4.05.